The zero-order valence-corrected chi connectivity index (χ0v) is 20.8. The Morgan fingerprint density at radius 2 is 1.54 bits per heavy atom. The van der Waals surface area contributed by atoms with E-state index in [0.29, 0.717) is 18.7 Å². The molecule has 2 fully saturated rings. The van der Waals surface area contributed by atoms with Gasteiger partial charge in [0.25, 0.3) is 0 Å². The number of hydrogen-bond donors (Lipinski definition) is 2. The number of carboxylic acids is 2. The van der Waals surface area contributed by atoms with E-state index in [-0.39, 0.29) is 18.2 Å². The summed E-state index contributed by atoms with van der Waals surface area (Å²) in [6, 6.07) is 20.8. The highest BCUT2D eigenvalue weighted by Gasteiger charge is 2.36. The lowest BCUT2D eigenvalue weighted by atomic mass is 10.0. The first kappa shape index (κ1) is 27.9. The molecule has 37 heavy (non-hydrogen) atoms. The van der Waals surface area contributed by atoms with Crippen LogP contribution in [-0.2, 0) is 25.5 Å². The van der Waals surface area contributed by atoms with Crippen molar-refractivity contribution >= 4 is 18.0 Å². The van der Waals surface area contributed by atoms with Crippen molar-refractivity contribution < 1.29 is 34.1 Å². The van der Waals surface area contributed by atoms with Crippen LogP contribution in [0.25, 0.3) is 0 Å². The van der Waals surface area contributed by atoms with Gasteiger partial charge >= 0.3 is 18.0 Å². The van der Waals surface area contributed by atoms with E-state index in [9.17, 15) is 14.4 Å². The number of ether oxygens (including phenoxy) is 2. The van der Waals surface area contributed by atoms with Crippen LogP contribution in [-0.4, -0.2) is 83.5 Å². The first-order chi connectivity index (χ1) is 17.9. The third-order valence-corrected chi connectivity index (χ3v) is 6.25. The molecule has 2 heterocycles. The highest BCUT2D eigenvalue weighted by atomic mass is 16.6. The van der Waals surface area contributed by atoms with Crippen LogP contribution < -0.4 is 0 Å². The summed E-state index contributed by atoms with van der Waals surface area (Å²) in [7, 11) is 0. The third kappa shape index (κ3) is 9.70. The number of cyclic esters (lactones) is 1. The van der Waals surface area contributed by atoms with Gasteiger partial charge in [-0.05, 0) is 30.4 Å². The molecule has 0 bridgehead atoms. The topological polar surface area (TPSA) is 117 Å². The van der Waals surface area contributed by atoms with Gasteiger partial charge < -0.3 is 19.7 Å². The van der Waals surface area contributed by atoms with Crippen molar-refractivity contribution in [1.82, 2.24) is 9.80 Å². The number of benzene rings is 2. The highest BCUT2D eigenvalue weighted by molar-refractivity contribution is 5.89. The zero-order valence-electron chi connectivity index (χ0n) is 20.8. The Morgan fingerprint density at radius 3 is 2.14 bits per heavy atom. The van der Waals surface area contributed by atoms with Gasteiger partial charge in [-0.3, -0.25) is 9.80 Å². The van der Waals surface area contributed by atoms with Gasteiger partial charge in [-0.1, -0.05) is 60.7 Å². The number of amides is 1. The molecule has 2 atom stereocenters. The second-order valence-electron chi connectivity index (χ2n) is 8.86. The Hall–Kier alpha value is -3.69. The Bertz CT molecular complexity index is 1010. The van der Waals surface area contributed by atoms with E-state index in [1.54, 1.807) is 0 Å². The molecule has 2 aliphatic heterocycles. The molecule has 1 amide bonds. The first-order valence-electron chi connectivity index (χ1n) is 12.4. The van der Waals surface area contributed by atoms with Crippen molar-refractivity contribution in [3.63, 3.8) is 0 Å². The molecule has 9 heteroatoms. The summed E-state index contributed by atoms with van der Waals surface area (Å²) in [5.74, 6) is -2.51. The Kier molecular flexibility index (Phi) is 11.1. The van der Waals surface area contributed by atoms with Crippen molar-refractivity contribution in [3.05, 3.63) is 83.9 Å². The lowest BCUT2D eigenvalue weighted by molar-refractivity contribution is -0.134. The molecule has 2 N–H and O–H groups in total. The molecule has 2 saturated heterocycles. The number of nitrogens with zero attached hydrogens (tertiary/aromatic N) is 2. The van der Waals surface area contributed by atoms with Crippen molar-refractivity contribution in [2.45, 2.75) is 31.4 Å². The lowest BCUT2D eigenvalue weighted by Gasteiger charge is -2.31. The van der Waals surface area contributed by atoms with E-state index < -0.39 is 11.9 Å². The number of aryl methyl sites for hydroxylation is 1. The van der Waals surface area contributed by atoms with Crippen LogP contribution in [0.5, 0.6) is 0 Å². The molecule has 9 nitrogen and oxygen atoms in total. The van der Waals surface area contributed by atoms with Gasteiger partial charge in [0.05, 0.1) is 25.8 Å². The third-order valence-electron chi connectivity index (χ3n) is 6.25. The maximum atomic E-state index is 12.7. The SMILES string of the molecule is O=C(O)C=CC(=O)O.O=C1OC(CCc2ccccc2)CN1C(CCN1CCOCC1)c1ccccc1. The van der Waals surface area contributed by atoms with Crippen LogP contribution in [0.2, 0.25) is 0 Å². The average molecular weight is 511 g/mol. The molecule has 0 aromatic heterocycles. The molecular formula is C28H34N2O7. The minimum Gasteiger partial charge on any atom is -0.478 e. The number of morpholine rings is 1. The van der Waals surface area contributed by atoms with Crippen molar-refractivity contribution in [2.75, 3.05) is 39.4 Å². The van der Waals surface area contributed by atoms with Crippen molar-refractivity contribution in [3.8, 4) is 0 Å². The van der Waals surface area contributed by atoms with E-state index in [2.05, 4.69) is 41.3 Å². The van der Waals surface area contributed by atoms with Crippen LogP contribution in [0, 0.1) is 0 Å². The normalized spacial score (nSPS) is 18.6. The second-order valence-corrected chi connectivity index (χ2v) is 8.86. The summed E-state index contributed by atoms with van der Waals surface area (Å²) in [6.07, 6.45) is 3.58. The van der Waals surface area contributed by atoms with Crippen molar-refractivity contribution in [1.29, 1.82) is 0 Å². The monoisotopic (exact) mass is 510 g/mol. The fourth-order valence-corrected chi connectivity index (χ4v) is 4.37. The van der Waals surface area contributed by atoms with Gasteiger partial charge in [-0.25, -0.2) is 14.4 Å². The Morgan fingerprint density at radius 1 is 0.946 bits per heavy atom. The van der Waals surface area contributed by atoms with E-state index in [0.717, 1.165) is 52.1 Å². The second kappa shape index (κ2) is 14.8. The van der Waals surface area contributed by atoms with Gasteiger partial charge in [-0.15, -0.1) is 0 Å². The largest absolute Gasteiger partial charge is 0.478 e. The molecule has 198 valence electrons. The minimum atomic E-state index is -1.26. The predicted molar refractivity (Wildman–Crippen MR) is 137 cm³/mol. The molecule has 0 radical (unpaired) electrons. The van der Waals surface area contributed by atoms with E-state index in [1.165, 1.54) is 11.1 Å². The molecule has 4 rings (SSSR count). The van der Waals surface area contributed by atoms with Gasteiger partial charge in [0.15, 0.2) is 0 Å². The van der Waals surface area contributed by atoms with Crippen LogP contribution >= 0.6 is 0 Å². The maximum Gasteiger partial charge on any atom is 0.410 e. The van der Waals surface area contributed by atoms with Crippen LogP contribution in [0.15, 0.2) is 72.8 Å². The smallest absolute Gasteiger partial charge is 0.410 e. The van der Waals surface area contributed by atoms with Crippen LogP contribution in [0.4, 0.5) is 4.79 Å². The van der Waals surface area contributed by atoms with Crippen LogP contribution in [0.1, 0.15) is 30.0 Å². The number of aliphatic carboxylic acids is 2. The predicted octanol–water partition coefficient (Wildman–Crippen LogP) is 3.62. The summed E-state index contributed by atoms with van der Waals surface area (Å²) < 4.78 is 11.2. The van der Waals surface area contributed by atoms with E-state index in [1.807, 2.05) is 29.2 Å². The Balaban J connectivity index is 0.000000414. The maximum absolute atomic E-state index is 12.7. The molecule has 2 unspecified atom stereocenters. The number of carbonyl (C=O) groups excluding carboxylic acids is 1. The fraction of sp³-hybridized carbons (Fsp3) is 0.393. The Labute approximate surface area is 216 Å². The number of carbonyl (C=O) groups is 3. The number of hydrogen-bond acceptors (Lipinski definition) is 6. The fourth-order valence-electron chi connectivity index (χ4n) is 4.37. The van der Waals surface area contributed by atoms with Crippen LogP contribution in [0.3, 0.4) is 0 Å². The highest BCUT2D eigenvalue weighted by Crippen LogP contribution is 2.30. The molecule has 2 aromatic rings. The number of carboxylic acid groups (broad SMARTS) is 2. The molecule has 0 aliphatic carbocycles. The van der Waals surface area contributed by atoms with Crippen molar-refractivity contribution in [2.24, 2.45) is 0 Å². The molecule has 0 saturated carbocycles. The molecule has 2 aromatic carbocycles. The average Bonchev–Trinajstić information content (AvgIpc) is 3.28. The first-order valence-corrected chi connectivity index (χ1v) is 12.4. The van der Waals surface area contributed by atoms with Gasteiger partial charge in [0.2, 0.25) is 0 Å². The van der Waals surface area contributed by atoms with Gasteiger partial charge in [0.1, 0.15) is 6.10 Å². The molecular weight excluding hydrogens is 476 g/mol. The zero-order chi connectivity index (χ0) is 26.5. The summed E-state index contributed by atoms with van der Waals surface area (Å²) in [5, 5.41) is 15.6. The summed E-state index contributed by atoms with van der Waals surface area (Å²) >= 11 is 0. The number of rotatable bonds is 10. The lowest BCUT2D eigenvalue weighted by Crippen LogP contribution is -2.39. The van der Waals surface area contributed by atoms with Gasteiger partial charge in [-0.2, -0.15) is 0 Å². The van der Waals surface area contributed by atoms with E-state index >= 15 is 0 Å². The standard InChI is InChI=1S/C24H30N2O3.C4H4O4/c27-24-26(19-22(29-24)12-11-20-7-3-1-4-8-20)23(21-9-5-2-6-10-21)13-14-25-15-17-28-18-16-25;5-3(6)1-2-4(7)8/h1-10,22-23H,11-19H2;1-2H,(H,5,6)(H,7,8). The quantitative estimate of drug-likeness (QED) is 0.466. The molecule has 2 aliphatic rings. The van der Waals surface area contributed by atoms with Gasteiger partial charge in [0, 0.05) is 31.8 Å². The summed E-state index contributed by atoms with van der Waals surface area (Å²) in [6.45, 7) is 5.14. The summed E-state index contributed by atoms with van der Waals surface area (Å²) in [5.41, 5.74) is 2.47. The summed E-state index contributed by atoms with van der Waals surface area (Å²) in [4.78, 5) is 36.2. The van der Waals surface area contributed by atoms with E-state index in [4.69, 9.17) is 19.7 Å². The minimum absolute atomic E-state index is 0.0442. The molecule has 0 spiro atoms.